The summed E-state index contributed by atoms with van der Waals surface area (Å²) in [6, 6.07) is 74.3. The molecule has 0 fully saturated rings. The van der Waals surface area contributed by atoms with Crippen molar-refractivity contribution in [3.05, 3.63) is 224 Å². The Balaban J connectivity index is 1.21. The fourth-order valence-corrected chi connectivity index (χ4v) is 10.7. The molecule has 0 spiro atoms. The van der Waals surface area contributed by atoms with E-state index in [2.05, 4.69) is 234 Å². The average molecular weight is 803 g/mol. The first-order valence-corrected chi connectivity index (χ1v) is 22.2. The van der Waals surface area contributed by atoms with Crippen LogP contribution < -0.4 is 0 Å². The Hall–Kier alpha value is -7.94. The van der Waals surface area contributed by atoms with E-state index in [4.69, 9.17) is 0 Å². The second-order valence-electron chi connectivity index (χ2n) is 17.3. The Morgan fingerprint density at radius 3 is 1.49 bits per heavy atom. The van der Waals surface area contributed by atoms with Gasteiger partial charge in [-0.3, -0.25) is 0 Å². The quantitative estimate of drug-likeness (QED) is 0.153. The summed E-state index contributed by atoms with van der Waals surface area (Å²) in [7, 11) is 0. The first-order chi connectivity index (χ1) is 31.2. The summed E-state index contributed by atoms with van der Waals surface area (Å²) in [5.41, 5.74) is 14.6. The molecule has 2 heteroatoms. The van der Waals surface area contributed by atoms with Crippen molar-refractivity contribution < 1.29 is 0 Å². The number of para-hydroxylation sites is 1. The van der Waals surface area contributed by atoms with Gasteiger partial charge in [0, 0.05) is 49.1 Å². The topological polar surface area (TPSA) is 9.86 Å². The normalized spacial score (nSPS) is 14.2. The van der Waals surface area contributed by atoms with Crippen LogP contribution >= 0.6 is 0 Å². The van der Waals surface area contributed by atoms with Gasteiger partial charge in [-0.1, -0.05) is 183 Å². The van der Waals surface area contributed by atoms with Crippen molar-refractivity contribution in [3.63, 3.8) is 0 Å². The molecule has 0 aliphatic heterocycles. The SMILES string of the molecule is CC1C=CC(c2ccc(-n3c4ccccc4c4c5ccccc5c5c6c7cc(-c8ccccc8)ccc7n(-c7ccc(-c8ccccc8)cc7)c6c6ccccc6c5c43)cc2)=CC1. The minimum atomic E-state index is 0.578. The molecule has 0 N–H and O–H groups in total. The van der Waals surface area contributed by atoms with Gasteiger partial charge in [0.25, 0.3) is 0 Å². The summed E-state index contributed by atoms with van der Waals surface area (Å²) in [5.74, 6) is 0.578. The highest BCUT2D eigenvalue weighted by atomic mass is 15.0. The first kappa shape index (κ1) is 35.8. The van der Waals surface area contributed by atoms with Crippen molar-refractivity contribution in [2.24, 2.45) is 5.92 Å². The lowest BCUT2D eigenvalue weighted by Gasteiger charge is -2.17. The van der Waals surface area contributed by atoms with Gasteiger partial charge in [0.05, 0.1) is 22.1 Å². The van der Waals surface area contributed by atoms with Gasteiger partial charge in [-0.15, -0.1) is 0 Å². The maximum absolute atomic E-state index is 2.55. The first-order valence-electron chi connectivity index (χ1n) is 22.2. The summed E-state index contributed by atoms with van der Waals surface area (Å²) < 4.78 is 5.07. The third-order valence-electron chi connectivity index (χ3n) is 13.6. The molecule has 0 radical (unpaired) electrons. The van der Waals surface area contributed by atoms with Gasteiger partial charge in [0.1, 0.15) is 0 Å². The molecule has 10 aromatic carbocycles. The summed E-state index contributed by atoms with van der Waals surface area (Å²) in [6.45, 7) is 2.28. The number of nitrogens with zero attached hydrogens (tertiary/aromatic N) is 2. The highest BCUT2D eigenvalue weighted by Crippen LogP contribution is 2.51. The monoisotopic (exact) mass is 802 g/mol. The third kappa shape index (κ3) is 5.44. The number of hydrogen-bond donors (Lipinski definition) is 0. The van der Waals surface area contributed by atoms with Crippen molar-refractivity contribution in [2.75, 3.05) is 0 Å². The Bertz CT molecular complexity index is 3840. The van der Waals surface area contributed by atoms with E-state index in [-0.39, 0.29) is 0 Å². The maximum Gasteiger partial charge on any atom is 0.0632 e. The van der Waals surface area contributed by atoms with Crippen LogP contribution in [-0.4, -0.2) is 9.13 Å². The van der Waals surface area contributed by atoms with Crippen LogP contribution in [0.4, 0.5) is 0 Å². The third-order valence-corrected chi connectivity index (χ3v) is 13.6. The van der Waals surface area contributed by atoms with Gasteiger partial charge in [0.15, 0.2) is 0 Å². The van der Waals surface area contributed by atoms with Gasteiger partial charge in [-0.2, -0.15) is 0 Å². The van der Waals surface area contributed by atoms with Gasteiger partial charge >= 0.3 is 0 Å². The van der Waals surface area contributed by atoms with Crippen molar-refractivity contribution >= 4 is 81.5 Å². The van der Waals surface area contributed by atoms with E-state index in [0.717, 1.165) is 17.8 Å². The lowest BCUT2D eigenvalue weighted by molar-refractivity contribution is 0.739. The molecule has 0 saturated carbocycles. The number of aromatic nitrogens is 2. The molecular formula is C61H42N2. The largest absolute Gasteiger partial charge is 0.309 e. The van der Waals surface area contributed by atoms with Crippen LogP contribution in [0.15, 0.2) is 218 Å². The van der Waals surface area contributed by atoms with E-state index in [0.29, 0.717) is 5.92 Å². The zero-order valence-corrected chi connectivity index (χ0v) is 35.0. The molecule has 2 aromatic heterocycles. The van der Waals surface area contributed by atoms with Crippen LogP contribution in [0.25, 0.3) is 115 Å². The van der Waals surface area contributed by atoms with Crippen molar-refractivity contribution in [1.82, 2.24) is 9.13 Å². The van der Waals surface area contributed by atoms with Gasteiger partial charge in [0.2, 0.25) is 0 Å². The smallest absolute Gasteiger partial charge is 0.0632 e. The van der Waals surface area contributed by atoms with Crippen molar-refractivity contribution in [2.45, 2.75) is 13.3 Å². The fraction of sp³-hybridized carbons (Fsp3) is 0.0492. The second kappa shape index (κ2) is 14.1. The number of allylic oxidation sites excluding steroid dienone is 4. The molecule has 0 saturated heterocycles. The van der Waals surface area contributed by atoms with Crippen LogP contribution in [0, 0.1) is 5.92 Å². The summed E-state index contributed by atoms with van der Waals surface area (Å²) in [5, 5.41) is 12.7. The van der Waals surface area contributed by atoms with Crippen LogP contribution in [0.5, 0.6) is 0 Å². The van der Waals surface area contributed by atoms with Gasteiger partial charge in [-0.25, -0.2) is 0 Å². The fourth-order valence-electron chi connectivity index (χ4n) is 10.7. The Labute approximate surface area is 365 Å². The number of hydrogen-bond acceptors (Lipinski definition) is 0. The molecule has 63 heavy (non-hydrogen) atoms. The summed E-state index contributed by atoms with van der Waals surface area (Å²) in [6.07, 6.45) is 8.08. The van der Waals surface area contributed by atoms with E-state index in [1.807, 2.05) is 0 Å². The molecular weight excluding hydrogens is 761 g/mol. The van der Waals surface area contributed by atoms with E-state index in [1.165, 1.54) is 109 Å². The van der Waals surface area contributed by atoms with Crippen LogP contribution in [0.3, 0.4) is 0 Å². The molecule has 2 nitrogen and oxygen atoms in total. The number of benzene rings is 10. The van der Waals surface area contributed by atoms with Crippen molar-refractivity contribution in [3.8, 4) is 33.6 Å². The summed E-state index contributed by atoms with van der Waals surface area (Å²) >= 11 is 0. The predicted molar refractivity (Wildman–Crippen MR) is 269 cm³/mol. The Kier molecular flexibility index (Phi) is 7.98. The zero-order valence-electron chi connectivity index (χ0n) is 35.0. The standard InChI is InChI=1S/C61H42N2/c1-39-24-26-42(27-25-39)44-30-35-47(36-31-44)63-54-23-13-12-22-52(54)56-48-18-8-9-19-49(48)57-58(61(56)63)50-20-10-11-21-51(50)60-59(57)53-38-45(41-16-6-3-7-17-41)32-37-55(53)62(60)46-33-28-43(29-34-46)40-14-4-2-5-15-40/h2-24,26-39H,25H2,1H3. The van der Waals surface area contributed by atoms with Gasteiger partial charge in [-0.05, 0) is 104 Å². The van der Waals surface area contributed by atoms with E-state index in [1.54, 1.807) is 0 Å². The average Bonchev–Trinajstić information content (AvgIpc) is 3.89. The Morgan fingerprint density at radius 1 is 0.365 bits per heavy atom. The lowest BCUT2D eigenvalue weighted by Crippen LogP contribution is -1.98. The number of fused-ring (bicyclic) bond motifs is 15. The lowest BCUT2D eigenvalue weighted by atomic mass is 9.89. The number of rotatable bonds is 5. The molecule has 1 atom stereocenters. The molecule has 1 aliphatic rings. The van der Waals surface area contributed by atoms with Crippen LogP contribution in [-0.2, 0) is 0 Å². The molecule has 1 aliphatic carbocycles. The molecule has 13 rings (SSSR count). The predicted octanol–water partition coefficient (Wildman–Crippen LogP) is 16.7. The highest BCUT2D eigenvalue weighted by molar-refractivity contribution is 6.44. The zero-order chi connectivity index (χ0) is 41.6. The van der Waals surface area contributed by atoms with Crippen molar-refractivity contribution in [1.29, 1.82) is 0 Å². The molecule has 296 valence electrons. The molecule has 12 aromatic rings. The van der Waals surface area contributed by atoms with Gasteiger partial charge < -0.3 is 9.13 Å². The maximum atomic E-state index is 2.55. The van der Waals surface area contributed by atoms with Crippen LogP contribution in [0.1, 0.15) is 18.9 Å². The second-order valence-corrected chi connectivity index (χ2v) is 17.3. The Morgan fingerprint density at radius 2 is 0.841 bits per heavy atom. The van der Waals surface area contributed by atoms with E-state index >= 15 is 0 Å². The summed E-state index contributed by atoms with van der Waals surface area (Å²) in [4.78, 5) is 0. The molecule has 1 unspecified atom stereocenters. The van der Waals surface area contributed by atoms with E-state index in [9.17, 15) is 0 Å². The van der Waals surface area contributed by atoms with E-state index < -0.39 is 0 Å². The molecule has 0 amide bonds. The molecule has 0 bridgehead atoms. The minimum Gasteiger partial charge on any atom is -0.309 e. The van der Waals surface area contributed by atoms with Crippen LogP contribution in [0.2, 0.25) is 0 Å². The molecule has 2 heterocycles. The highest BCUT2D eigenvalue weighted by Gasteiger charge is 2.26. The minimum absolute atomic E-state index is 0.578.